The molecule has 17 heavy (non-hydrogen) atoms. The van der Waals surface area contributed by atoms with Gasteiger partial charge in [0, 0.05) is 32.3 Å². The third-order valence-electron chi connectivity index (χ3n) is 3.43. The zero-order chi connectivity index (χ0) is 12.3. The van der Waals surface area contributed by atoms with Crippen molar-refractivity contribution in [1.82, 2.24) is 9.80 Å². The molecule has 0 N–H and O–H groups in total. The Kier molecular flexibility index (Phi) is 7.37. The Labute approximate surface area is 115 Å². The van der Waals surface area contributed by atoms with Crippen molar-refractivity contribution in [3.63, 3.8) is 0 Å². The predicted molar refractivity (Wildman–Crippen MR) is 58.9 cm³/mol. The SMILES string of the molecule is COCC(C(=O)[O-])N1C[C@H](C)N(C)[C@@H](C)C1.[Li+]. The molecule has 0 radical (unpaired) electrons. The number of rotatable bonds is 4. The monoisotopic (exact) mass is 236 g/mol. The molecule has 0 aliphatic carbocycles. The maximum atomic E-state index is 11.0. The number of carbonyl (C=O) groups excluding carboxylic acids is 1. The van der Waals surface area contributed by atoms with Gasteiger partial charge in [0.25, 0.3) is 0 Å². The smallest absolute Gasteiger partial charge is 0.548 e. The topological polar surface area (TPSA) is 55.8 Å². The average Bonchev–Trinajstić information content (AvgIpc) is 2.21. The van der Waals surface area contributed by atoms with Crippen LogP contribution in [0.25, 0.3) is 0 Å². The molecule has 0 aromatic carbocycles. The maximum Gasteiger partial charge on any atom is 1.00 e. The molecule has 0 aromatic heterocycles. The quantitative estimate of drug-likeness (QED) is 0.463. The molecule has 0 bridgehead atoms. The summed E-state index contributed by atoms with van der Waals surface area (Å²) in [6.07, 6.45) is 0. The minimum Gasteiger partial charge on any atom is -0.548 e. The first-order valence-electron chi connectivity index (χ1n) is 5.63. The molecule has 1 heterocycles. The number of ether oxygens (including phenoxy) is 1. The van der Waals surface area contributed by atoms with Crippen LogP contribution in [0.4, 0.5) is 0 Å². The minimum atomic E-state index is -1.05. The summed E-state index contributed by atoms with van der Waals surface area (Å²) in [5.74, 6) is -1.05. The van der Waals surface area contributed by atoms with Gasteiger partial charge in [-0.05, 0) is 20.9 Å². The number of carboxylic acid groups (broad SMARTS) is 1. The predicted octanol–water partition coefficient (Wildman–Crippen LogP) is -4.22. The normalized spacial score (nSPS) is 28.5. The third kappa shape index (κ3) is 4.27. The Morgan fingerprint density at radius 2 is 1.88 bits per heavy atom. The second kappa shape index (κ2) is 7.40. The van der Waals surface area contributed by atoms with Gasteiger partial charge in [0.05, 0.1) is 18.6 Å². The molecule has 5 nitrogen and oxygen atoms in total. The van der Waals surface area contributed by atoms with E-state index in [2.05, 4.69) is 25.8 Å². The average molecular weight is 236 g/mol. The third-order valence-corrected chi connectivity index (χ3v) is 3.43. The molecule has 1 aliphatic rings. The van der Waals surface area contributed by atoms with Gasteiger partial charge in [-0.15, -0.1) is 0 Å². The van der Waals surface area contributed by atoms with Crippen LogP contribution in [0, 0.1) is 0 Å². The van der Waals surface area contributed by atoms with E-state index >= 15 is 0 Å². The van der Waals surface area contributed by atoms with Crippen molar-refractivity contribution in [1.29, 1.82) is 0 Å². The molecular formula is C11H21LiN2O3. The van der Waals surface area contributed by atoms with Gasteiger partial charge in [-0.2, -0.15) is 0 Å². The van der Waals surface area contributed by atoms with Crippen LogP contribution in [0.5, 0.6) is 0 Å². The van der Waals surface area contributed by atoms with Crippen LogP contribution in [0.1, 0.15) is 13.8 Å². The Morgan fingerprint density at radius 1 is 1.41 bits per heavy atom. The fourth-order valence-electron chi connectivity index (χ4n) is 2.18. The van der Waals surface area contributed by atoms with E-state index in [0.717, 1.165) is 13.1 Å². The van der Waals surface area contributed by atoms with Gasteiger partial charge in [0.15, 0.2) is 0 Å². The molecule has 1 unspecified atom stereocenters. The summed E-state index contributed by atoms with van der Waals surface area (Å²) >= 11 is 0. The summed E-state index contributed by atoms with van der Waals surface area (Å²) in [7, 11) is 3.58. The number of likely N-dealkylation sites (N-methyl/N-ethyl adjacent to an activating group) is 1. The van der Waals surface area contributed by atoms with Crippen LogP contribution in [0.3, 0.4) is 0 Å². The molecule has 94 valence electrons. The molecule has 3 atom stereocenters. The van der Waals surface area contributed by atoms with Gasteiger partial charge in [0.2, 0.25) is 0 Å². The van der Waals surface area contributed by atoms with Crippen LogP contribution < -0.4 is 24.0 Å². The summed E-state index contributed by atoms with van der Waals surface area (Å²) < 4.78 is 4.94. The van der Waals surface area contributed by atoms with E-state index in [1.165, 1.54) is 7.11 Å². The van der Waals surface area contributed by atoms with Crippen molar-refractivity contribution < 1.29 is 33.5 Å². The molecule has 1 aliphatic heterocycles. The Hall–Kier alpha value is -0.0526. The van der Waals surface area contributed by atoms with Crippen molar-refractivity contribution in [3.05, 3.63) is 0 Å². The molecule has 0 aromatic rings. The van der Waals surface area contributed by atoms with Gasteiger partial charge in [-0.3, -0.25) is 9.80 Å². The van der Waals surface area contributed by atoms with Crippen molar-refractivity contribution in [2.75, 3.05) is 33.9 Å². The number of hydrogen-bond acceptors (Lipinski definition) is 5. The molecule has 0 amide bonds. The van der Waals surface area contributed by atoms with Crippen LogP contribution in [-0.2, 0) is 9.53 Å². The number of aliphatic carboxylic acids is 1. The number of methoxy groups -OCH3 is 1. The number of carboxylic acids is 1. The fourth-order valence-corrected chi connectivity index (χ4v) is 2.18. The number of nitrogens with zero attached hydrogens (tertiary/aromatic N) is 2. The minimum absolute atomic E-state index is 0. The van der Waals surface area contributed by atoms with Gasteiger partial charge in [-0.1, -0.05) is 0 Å². The molecule has 0 spiro atoms. The molecule has 0 saturated carbocycles. The summed E-state index contributed by atoms with van der Waals surface area (Å²) in [4.78, 5) is 15.2. The standard InChI is InChI=1S/C11H22N2O3.Li/c1-8-5-13(6-9(2)12(8)3)10(7-16-4)11(14)15;/h8-10H,5-7H2,1-4H3,(H,14,15);/q;+1/p-1/t8-,9-,10?;/m0./s1. The summed E-state index contributed by atoms with van der Waals surface area (Å²) in [5.41, 5.74) is 0. The van der Waals surface area contributed by atoms with Gasteiger partial charge in [0.1, 0.15) is 0 Å². The van der Waals surface area contributed by atoms with E-state index in [4.69, 9.17) is 4.74 Å². The van der Waals surface area contributed by atoms with Crippen LogP contribution >= 0.6 is 0 Å². The van der Waals surface area contributed by atoms with Crippen LogP contribution in [-0.4, -0.2) is 67.7 Å². The van der Waals surface area contributed by atoms with Crippen molar-refractivity contribution in [2.24, 2.45) is 0 Å². The Morgan fingerprint density at radius 3 is 2.24 bits per heavy atom. The van der Waals surface area contributed by atoms with Gasteiger partial charge >= 0.3 is 18.9 Å². The van der Waals surface area contributed by atoms with E-state index in [-0.39, 0.29) is 25.5 Å². The van der Waals surface area contributed by atoms with Crippen molar-refractivity contribution >= 4 is 5.97 Å². The molecule has 1 fully saturated rings. The second-order valence-electron chi connectivity index (χ2n) is 4.61. The van der Waals surface area contributed by atoms with E-state index in [0.29, 0.717) is 12.1 Å². The first-order valence-corrected chi connectivity index (χ1v) is 5.63. The van der Waals surface area contributed by atoms with Gasteiger partial charge in [-0.25, -0.2) is 0 Å². The van der Waals surface area contributed by atoms with E-state index < -0.39 is 12.0 Å². The molecular weight excluding hydrogens is 215 g/mol. The van der Waals surface area contributed by atoms with Crippen molar-refractivity contribution in [3.8, 4) is 0 Å². The molecule has 1 saturated heterocycles. The zero-order valence-corrected chi connectivity index (χ0v) is 11.5. The second-order valence-corrected chi connectivity index (χ2v) is 4.61. The Bertz CT molecular complexity index is 241. The first-order chi connectivity index (χ1) is 7.47. The summed E-state index contributed by atoms with van der Waals surface area (Å²) in [6.45, 7) is 5.86. The first kappa shape index (κ1) is 16.9. The Balaban J connectivity index is 0.00000256. The van der Waals surface area contributed by atoms with Crippen LogP contribution in [0.2, 0.25) is 0 Å². The fraction of sp³-hybridized carbons (Fsp3) is 0.909. The summed E-state index contributed by atoms with van der Waals surface area (Å²) in [5, 5.41) is 11.0. The van der Waals surface area contributed by atoms with Crippen LogP contribution in [0.15, 0.2) is 0 Å². The molecule has 6 heteroatoms. The van der Waals surface area contributed by atoms with E-state index in [1.54, 1.807) is 0 Å². The largest absolute Gasteiger partial charge is 1.00 e. The number of hydrogen-bond donors (Lipinski definition) is 0. The number of piperazine rings is 1. The number of carbonyl (C=O) groups is 1. The van der Waals surface area contributed by atoms with Gasteiger partial charge < -0.3 is 14.6 Å². The molecule has 1 rings (SSSR count). The van der Waals surface area contributed by atoms with Crippen molar-refractivity contribution in [2.45, 2.75) is 32.0 Å². The zero-order valence-electron chi connectivity index (χ0n) is 11.5. The van der Waals surface area contributed by atoms with E-state index in [9.17, 15) is 9.90 Å². The van der Waals surface area contributed by atoms with E-state index in [1.807, 2.05) is 4.90 Å². The summed E-state index contributed by atoms with van der Waals surface area (Å²) in [6, 6.07) is 0.0634. The maximum absolute atomic E-state index is 11.0.